The van der Waals surface area contributed by atoms with Gasteiger partial charge in [0.25, 0.3) is 0 Å². The fourth-order valence-corrected chi connectivity index (χ4v) is 2.25. The molecule has 2 rings (SSSR count). The normalized spacial score (nSPS) is 18.6. The van der Waals surface area contributed by atoms with Crippen molar-refractivity contribution in [2.75, 3.05) is 33.2 Å². The number of carbonyl (C=O) groups is 1. The Morgan fingerprint density at radius 3 is 2.53 bits per heavy atom. The van der Waals surface area contributed by atoms with Crippen molar-refractivity contribution in [2.45, 2.75) is 13.0 Å². The zero-order valence-corrected chi connectivity index (χ0v) is 14.9. The first-order valence-corrected chi connectivity index (χ1v) is 6.14. The number of aromatic nitrogens is 1. The molecule has 0 radical (unpaired) electrons. The molecule has 1 atom stereocenters. The van der Waals surface area contributed by atoms with Crippen molar-refractivity contribution in [1.29, 1.82) is 0 Å². The maximum absolute atomic E-state index is 11.4. The fourth-order valence-electron chi connectivity index (χ4n) is 2.25. The van der Waals surface area contributed by atoms with Crippen molar-refractivity contribution >= 4 is 5.97 Å². The number of carboxylic acids is 1. The van der Waals surface area contributed by atoms with Crippen LogP contribution in [0.3, 0.4) is 0 Å². The Morgan fingerprint density at radius 1 is 1.37 bits per heavy atom. The third kappa shape index (κ3) is 4.59. The van der Waals surface area contributed by atoms with Crippen LogP contribution in [0.25, 0.3) is 0 Å². The van der Waals surface area contributed by atoms with Gasteiger partial charge in [0.05, 0.1) is 17.7 Å². The van der Waals surface area contributed by atoms with Crippen LogP contribution in [0, 0.1) is 6.92 Å². The second-order valence-corrected chi connectivity index (χ2v) is 4.82. The predicted molar refractivity (Wildman–Crippen MR) is 65.8 cm³/mol. The van der Waals surface area contributed by atoms with Gasteiger partial charge in [0.15, 0.2) is 0 Å². The average Bonchev–Trinajstić information content (AvgIpc) is 2.32. The number of carboxylic acid groups (broad SMARTS) is 1. The summed E-state index contributed by atoms with van der Waals surface area (Å²) in [6, 6.07) is 2.94. The molecule has 1 aromatic heterocycles. The summed E-state index contributed by atoms with van der Waals surface area (Å²) in [5.74, 6) is -1.07. The maximum Gasteiger partial charge on any atom is 1.00 e. The summed E-state index contributed by atoms with van der Waals surface area (Å²) in [5.41, 5.74) is 1.58. The molecule has 1 saturated heterocycles. The minimum absolute atomic E-state index is 0. The molecule has 6 heteroatoms. The third-order valence-electron chi connectivity index (χ3n) is 3.34. The molecule has 1 aliphatic rings. The minimum atomic E-state index is -1.07. The summed E-state index contributed by atoms with van der Waals surface area (Å²) >= 11 is 0. The average molecular weight is 287 g/mol. The van der Waals surface area contributed by atoms with E-state index in [1.54, 1.807) is 6.20 Å². The monoisotopic (exact) mass is 287 g/mol. The zero-order chi connectivity index (χ0) is 13.1. The molecular weight excluding hydrogens is 269 g/mol. The SMILES string of the molecule is Cc1ccnc(C(C(=O)[O-])N2CCN(C)CC2)c1.[K+]. The standard InChI is InChI=1S/C13H19N3O2.K/c1-10-3-4-14-11(9-10)12(13(17)18)16-7-5-15(2)6-8-16;/h3-4,9,12H,5-8H2,1-2H3,(H,17,18);/q;+1/p-1. The number of nitrogens with zero attached hydrogens (tertiary/aromatic N) is 3. The smallest absolute Gasteiger partial charge is 0.548 e. The molecule has 0 N–H and O–H groups in total. The number of pyridine rings is 1. The Labute approximate surface area is 156 Å². The molecule has 1 aromatic rings. The second kappa shape index (κ2) is 7.83. The van der Waals surface area contributed by atoms with Gasteiger partial charge in [-0.2, -0.15) is 0 Å². The van der Waals surface area contributed by atoms with Crippen molar-refractivity contribution in [1.82, 2.24) is 14.8 Å². The quantitative estimate of drug-likeness (QED) is 0.539. The van der Waals surface area contributed by atoms with Crippen molar-refractivity contribution < 1.29 is 61.3 Å². The Hall–Kier alpha value is 0.176. The topological polar surface area (TPSA) is 59.5 Å². The summed E-state index contributed by atoms with van der Waals surface area (Å²) in [5, 5.41) is 11.4. The van der Waals surface area contributed by atoms with Crippen molar-refractivity contribution in [3.05, 3.63) is 29.6 Å². The first kappa shape index (κ1) is 17.2. The van der Waals surface area contributed by atoms with Crippen LogP contribution >= 0.6 is 0 Å². The van der Waals surface area contributed by atoms with Crippen molar-refractivity contribution in [3.63, 3.8) is 0 Å². The molecule has 98 valence electrons. The summed E-state index contributed by atoms with van der Waals surface area (Å²) in [6.07, 6.45) is 1.65. The van der Waals surface area contributed by atoms with E-state index in [9.17, 15) is 9.90 Å². The largest absolute Gasteiger partial charge is 1.00 e. The Bertz CT molecular complexity index is 434. The number of hydrogen-bond acceptors (Lipinski definition) is 5. The maximum atomic E-state index is 11.4. The molecule has 19 heavy (non-hydrogen) atoms. The number of likely N-dealkylation sites (N-methyl/N-ethyl adjacent to an activating group) is 1. The van der Waals surface area contributed by atoms with Gasteiger partial charge in [0.1, 0.15) is 0 Å². The van der Waals surface area contributed by atoms with Gasteiger partial charge in [-0.3, -0.25) is 9.88 Å². The molecule has 0 saturated carbocycles. The van der Waals surface area contributed by atoms with E-state index >= 15 is 0 Å². The van der Waals surface area contributed by atoms with Crippen molar-refractivity contribution in [2.24, 2.45) is 0 Å². The fraction of sp³-hybridized carbons (Fsp3) is 0.538. The molecule has 0 aliphatic carbocycles. The van der Waals surface area contributed by atoms with Gasteiger partial charge in [0.2, 0.25) is 0 Å². The summed E-state index contributed by atoms with van der Waals surface area (Å²) in [7, 11) is 2.04. The van der Waals surface area contributed by atoms with Crippen LogP contribution in [-0.2, 0) is 4.79 Å². The van der Waals surface area contributed by atoms with Crippen molar-refractivity contribution in [3.8, 4) is 0 Å². The Morgan fingerprint density at radius 2 is 2.00 bits per heavy atom. The molecule has 0 spiro atoms. The van der Waals surface area contributed by atoms with E-state index in [0.717, 1.165) is 31.7 Å². The van der Waals surface area contributed by atoms with Crippen LogP contribution in [0.15, 0.2) is 18.3 Å². The van der Waals surface area contributed by atoms with Crippen LogP contribution < -0.4 is 56.5 Å². The van der Waals surface area contributed by atoms with E-state index in [2.05, 4.69) is 9.88 Å². The zero-order valence-electron chi connectivity index (χ0n) is 11.8. The van der Waals surface area contributed by atoms with Crippen LogP contribution in [-0.4, -0.2) is 54.0 Å². The molecule has 2 heterocycles. The first-order chi connectivity index (χ1) is 8.58. The first-order valence-electron chi connectivity index (χ1n) is 6.14. The van der Waals surface area contributed by atoms with Gasteiger partial charge in [-0.25, -0.2) is 0 Å². The molecule has 0 aromatic carbocycles. The van der Waals surface area contributed by atoms with Gasteiger partial charge < -0.3 is 14.8 Å². The number of piperazine rings is 1. The number of aliphatic carboxylic acids is 1. The van der Waals surface area contributed by atoms with Gasteiger partial charge in [-0.05, 0) is 31.7 Å². The summed E-state index contributed by atoms with van der Waals surface area (Å²) in [6.45, 7) is 5.13. The summed E-state index contributed by atoms with van der Waals surface area (Å²) in [4.78, 5) is 19.7. The van der Waals surface area contributed by atoms with Gasteiger partial charge in [0, 0.05) is 32.4 Å². The summed E-state index contributed by atoms with van der Waals surface area (Å²) < 4.78 is 0. The van der Waals surface area contributed by atoms with Gasteiger partial charge in [-0.15, -0.1) is 0 Å². The number of hydrogen-bond donors (Lipinski definition) is 0. The molecular formula is C13H18KN3O2. The molecule has 1 unspecified atom stereocenters. The van der Waals surface area contributed by atoms with Crippen LogP contribution in [0.2, 0.25) is 0 Å². The van der Waals surface area contributed by atoms with E-state index < -0.39 is 12.0 Å². The van der Waals surface area contributed by atoms with E-state index in [0.29, 0.717) is 5.69 Å². The van der Waals surface area contributed by atoms with Gasteiger partial charge in [-0.1, -0.05) is 0 Å². The van der Waals surface area contributed by atoms with E-state index in [-0.39, 0.29) is 51.4 Å². The Balaban J connectivity index is 0.00000180. The number of carbonyl (C=O) groups excluding carboxylic acids is 1. The van der Waals surface area contributed by atoms with Crippen LogP contribution in [0.5, 0.6) is 0 Å². The third-order valence-corrected chi connectivity index (χ3v) is 3.34. The molecule has 0 amide bonds. The van der Waals surface area contributed by atoms with Gasteiger partial charge >= 0.3 is 51.4 Å². The molecule has 1 fully saturated rings. The van der Waals surface area contributed by atoms with E-state index in [1.165, 1.54) is 0 Å². The van der Waals surface area contributed by atoms with Crippen LogP contribution in [0.1, 0.15) is 17.3 Å². The minimum Gasteiger partial charge on any atom is -0.548 e. The second-order valence-electron chi connectivity index (χ2n) is 4.82. The number of rotatable bonds is 3. The molecule has 0 bridgehead atoms. The van der Waals surface area contributed by atoms with E-state index in [4.69, 9.17) is 0 Å². The number of aryl methyl sites for hydroxylation is 1. The predicted octanol–water partition coefficient (Wildman–Crippen LogP) is -3.57. The Kier molecular flexibility index (Phi) is 7.10. The molecule has 1 aliphatic heterocycles. The molecule has 5 nitrogen and oxygen atoms in total. The van der Waals surface area contributed by atoms with Crippen LogP contribution in [0.4, 0.5) is 0 Å². The van der Waals surface area contributed by atoms with E-state index in [1.807, 2.05) is 31.0 Å².